The molecule has 0 amide bonds. The number of hydrogen-bond donors (Lipinski definition) is 2. The highest BCUT2D eigenvalue weighted by Crippen LogP contribution is 2.36. The lowest BCUT2D eigenvalue weighted by atomic mass is 9.75. The third-order valence-electron chi connectivity index (χ3n) is 7.51. The number of rotatable bonds is 16. The molecule has 0 radical (unpaired) electrons. The van der Waals surface area contributed by atoms with Gasteiger partial charge in [0, 0.05) is 5.41 Å². The third kappa shape index (κ3) is 10.6. The lowest BCUT2D eigenvalue weighted by Gasteiger charge is -2.32. The summed E-state index contributed by atoms with van der Waals surface area (Å²) in [5, 5.41) is 19.9. The molecule has 2 N–H and O–H groups in total. The first-order valence-corrected chi connectivity index (χ1v) is 12.9. The van der Waals surface area contributed by atoms with Gasteiger partial charge in [0.15, 0.2) is 0 Å². The lowest BCUT2D eigenvalue weighted by molar-refractivity contribution is 0.0348. The van der Waals surface area contributed by atoms with Gasteiger partial charge in [0.05, 0.1) is 13.2 Å². The van der Waals surface area contributed by atoms with E-state index in [4.69, 9.17) is 0 Å². The Hall–Kier alpha value is -0.0800. The fourth-order valence-corrected chi connectivity index (χ4v) is 5.38. The minimum absolute atomic E-state index is 0.151. The van der Waals surface area contributed by atoms with Gasteiger partial charge in [-0.05, 0) is 24.7 Å². The predicted octanol–water partition coefficient (Wildman–Crippen LogP) is 7.66. The molecule has 0 bridgehead atoms. The SMILES string of the molecule is CCCCCCC(CO)(CO)CCCCC1CCCCCCC1CCCCC. The first-order valence-electron chi connectivity index (χ1n) is 12.9. The van der Waals surface area contributed by atoms with E-state index in [-0.39, 0.29) is 18.6 Å². The minimum atomic E-state index is -0.227. The quantitative estimate of drug-likeness (QED) is 0.263. The van der Waals surface area contributed by atoms with Gasteiger partial charge >= 0.3 is 0 Å². The number of hydrogen-bond acceptors (Lipinski definition) is 2. The summed E-state index contributed by atoms with van der Waals surface area (Å²) in [6.45, 7) is 4.85. The molecule has 2 atom stereocenters. The van der Waals surface area contributed by atoms with Crippen LogP contribution in [0, 0.1) is 17.3 Å². The van der Waals surface area contributed by atoms with Crippen LogP contribution in [0.4, 0.5) is 0 Å². The zero-order valence-electron chi connectivity index (χ0n) is 19.4. The molecule has 1 aliphatic carbocycles. The Balaban J connectivity index is 2.42. The topological polar surface area (TPSA) is 40.5 Å². The molecule has 0 aromatic rings. The van der Waals surface area contributed by atoms with Crippen molar-refractivity contribution in [3.8, 4) is 0 Å². The first kappa shape index (κ1) is 26.0. The van der Waals surface area contributed by atoms with E-state index < -0.39 is 0 Å². The fourth-order valence-electron chi connectivity index (χ4n) is 5.38. The normalized spacial score (nSPS) is 21.4. The van der Waals surface area contributed by atoms with Crippen LogP contribution < -0.4 is 0 Å². The van der Waals surface area contributed by atoms with Crippen LogP contribution in [0.25, 0.3) is 0 Å². The monoisotopic (exact) mass is 396 g/mol. The van der Waals surface area contributed by atoms with Crippen molar-refractivity contribution in [3.05, 3.63) is 0 Å². The summed E-state index contributed by atoms with van der Waals surface area (Å²) in [6, 6.07) is 0. The molecule has 0 aromatic carbocycles. The second-order valence-corrected chi connectivity index (χ2v) is 9.88. The molecule has 168 valence electrons. The van der Waals surface area contributed by atoms with Crippen LogP contribution in [0.2, 0.25) is 0 Å². The molecule has 1 rings (SSSR count). The van der Waals surface area contributed by atoms with Gasteiger partial charge in [0.25, 0.3) is 0 Å². The van der Waals surface area contributed by atoms with Crippen molar-refractivity contribution in [2.24, 2.45) is 17.3 Å². The summed E-state index contributed by atoms with van der Waals surface area (Å²) in [5.41, 5.74) is -0.227. The van der Waals surface area contributed by atoms with Crippen LogP contribution in [-0.4, -0.2) is 23.4 Å². The van der Waals surface area contributed by atoms with Crippen molar-refractivity contribution in [3.63, 3.8) is 0 Å². The summed E-state index contributed by atoms with van der Waals surface area (Å²) in [5.74, 6) is 1.89. The zero-order valence-corrected chi connectivity index (χ0v) is 19.4. The van der Waals surface area contributed by atoms with E-state index in [0.29, 0.717) is 0 Å². The summed E-state index contributed by atoms with van der Waals surface area (Å²) in [7, 11) is 0. The molecule has 2 unspecified atom stereocenters. The largest absolute Gasteiger partial charge is 0.396 e. The van der Waals surface area contributed by atoms with E-state index in [1.165, 1.54) is 103 Å². The number of unbranched alkanes of at least 4 members (excludes halogenated alkanes) is 6. The summed E-state index contributed by atoms with van der Waals surface area (Å²) in [4.78, 5) is 0. The van der Waals surface area contributed by atoms with E-state index in [2.05, 4.69) is 13.8 Å². The van der Waals surface area contributed by atoms with Crippen LogP contribution in [0.15, 0.2) is 0 Å². The van der Waals surface area contributed by atoms with Gasteiger partial charge in [-0.3, -0.25) is 0 Å². The van der Waals surface area contributed by atoms with Crippen LogP contribution >= 0.6 is 0 Å². The maximum atomic E-state index is 9.95. The molecule has 1 fully saturated rings. The lowest BCUT2D eigenvalue weighted by Crippen LogP contribution is -2.30. The maximum Gasteiger partial charge on any atom is 0.0509 e. The van der Waals surface area contributed by atoms with E-state index in [9.17, 15) is 10.2 Å². The van der Waals surface area contributed by atoms with Crippen molar-refractivity contribution in [1.29, 1.82) is 0 Å². The summed E-state index contributed by atoms with van der Waals surface area (Å²) >= 11 is 0. The maximum absolute atomic E-state index is 9.95. The minimum Gasteiger partial charge on any atom is -0.396 e. The highest BCUT2D eigenvalue weighted by atomic mass is 16.3. The standard InChI is InChI=1S/C26H52O2/c1-3-5-7-14-20-26(22-27,23-28)21-15-13-19-25-18-12-9-8-11-17-24(25)16-10-6-4-2/h24-25,27-28H,3-23H2,1-2H3. The molecule has 0 heterocycles. The molecular weight excluding hydrogens is 344 g/mol. The van der Waals surface area contributed by atoms with Crippen molar-refractivity contribution in [1.82, 2.24) is 0 Å². The van der Waals surface area contributed by atoms with Gasteiger partial charge in [-0.1, -0.05) is 123 Å². The zero-order chi connectivity index (χ0) is 20.5. The Bertz CT molecular complexity index is 337. The van der Waals surface area contributed by atoms with Crippen molar-refractivity contribution in [2.45, 2.75) is 136 Å². The van der Waals surface area contributed by atoms with E-state index >= 15 is 0 Å². The first-order chi connectivity index (χ1) is 13.7. The Morgan fingerprint density at radius 3 is 1.57 bits per heavy atom. The highest BCUT2D eigenvalue weighted by molar-refractivity contribution is 4.79. The molecule has 0 aromatic heterocycles. The van der Waals surface area contributed by atoms with Crippen molar-refractivity contribution in [2.75, 3.05) is 13.2 Å². The molecule has 2 heteroatoms. The van der Waals surface area contributed by atoms with E-state index in [1.807, 2.05) is 0 Å². The molecule has 1 saturated carbocycles. The van der Waals surface area contributed by atoms with Crippen molar-refractivity contribution >= 4 is 0 Å². The Morgan fingerprint density at radius 1 is 0.607 bits per heavy atom. The van der Waals surface area contributed by atoms with Crippen molar-refractivity contribution < 1.29 is 10.2 Å². The van der Waals surface area contributed by atoms with Crippen LogP contribution in [0.1, 0.15) is 136 Å². The van der Waals surface area contributed by atoms with Gasteiger partial charge < -0.3 is 10.2 Å². The Morgan fingerprint density at radius 2 is 1.07 bits per heavy atom. The molecule has 1 aliphatic rings. The van der Waals surface area contributed by atoms with Gasteiger partial charge in [0.2, 0.25) is 0 Å². The average molecular weight is 397 g/mol. The predicted molar refractivity (Wildman–Crippen MR) is 123 cm³/mol. The average Bonchev–Trinajstić information content (AvgIpc) is 2.70. The second-order valence-electron chi connectivity index (χ2n) is 9.88. The Labute approximate surface area is 176 Å². The summed E-state index contributed by atoms with van der Waals surface area (Å²) < 4.78 is 0. The molecule has 0 aliphatic heterocycles. The Kier molecular flexibility index (Phi) is 15.5. The number of aliphatic hydroxyl groups excluding tert-OH is 2. The van der Waals surface area contributed by atoms with E-state index in [1.54, 1.807) is 0 Å². The van der Waals surface area contributed by atoms with Gasteiger partial charge in [-0.2, -0.15) is 0 Å². The van der Waals surface area contributed by atoms with Gasteiger partial charge in [-0.15, -0.1) is 0 Å². The van der Waals surface area contributed by atoms with Crippen LogP contribution in [0.5, 0.6) is 0 Å². The molecular formula is C26H52O2. The summed E-state index contributed by atoms with van der Waals surface area (Å²) in [6.07, 6.45) is 25.0. The third-order valence-corrected chi connectivity index (χ3v) is 7.51. The molecule has 28 heavy (non-hydrogen) atoms. The van der Waals surface area contributed by atoms with Crippen LogP contribution in [0.3, 0.4) is 0 Å². The highest BCUT2D eigenvalue weighted by Gasteiger charge is 2.28. The van der Waals surface area contributed by atoms with Gasteiger partial charge in [0.1, 0.15) is 0 Å². The van der Waals surface area contributed by atoms with Gasteiger partial charge in [-0.25, -0.2) is 0 Å². The fraction of sp³-hybridized carbons (Fsp3) is 1.00. The number of aliphatic hydroxyl groups is 2. The van der Waals surface area contributed by atoms with Crippen LogP contribution in [-0.2, 0) is 0 Å². The van der Waals surface area contributed by atoms with E-state index in [0.717, 1.165) is 31.1 Å². The smallest absolute Gasteiger partial charge is 0.0509 e. The molecule has 0 saturated heterocycles. The molecule has 0 spiro atoms. The second kappa shape index (κ2) is 16.7. The molecule has 2 nitrogen and oxygen atoms in total.